The predicted octanol–water partition coefficient (Wildman–Crippen LogP) is 3.09. The van der Waals surface area contributed by atoms with Gasteiger partial charge in [-0.05, 0) is 32.0 Å². The van der Waals surface area contributed by atoms with Gasteiger partial charge in [-0.15, -0.1) is 0 Å². The number of aromatic nitrogens is 1. The number of carboxylic acid groups (broad SMARTS) is 1. The van der Waals surface area contributed by atoms with Crippen molar-refractivity contribution in [2.75, 3.05) is 11.9 Å². The van der Waals surface area contributed by atoms with Crippen molar-refractivity contribution in [2.45, 2.75) is 13.8 Å². The third-order valence-electron chi connectivity index (χ3n) is 3.15. The van der Waals surface area contributed by atoms with Crippen LogP contribution in [0, 0.1) is 5.41 Å². The summed E-state index contributed by atoms with van der Waals surface area (Å²) in [5.41, 5.74) is 0.495. The van der Waals surface area contributed by atoms with Crippen LogP contribution in [0.4, 0.5) is 11.5 Å². The Morgan fingerprint density at radius 2 is 1.96 bits per heavy atom. The number of rotatable bonds is 6. The molecule has 0 fully saturated rings. The number of hydrogen-bond acceptors (Lipinski definition) is 6. The largest absolute Gasteiger partial charge is 0.478 e. The summed E-state index contributed by atoms with van der Waals surface area (Å²) >= 11 is 0. The number of benzene rings is 1. The maximum atomic E-state index is 11.9. The van der Waals surface area contributed by atoms with Crippen molar-refractivity contribution < 1.29 is 19.4 Å². The molecule has 0 saturated carbocycles. The lowest BCUT2D eigenvalue weighted by Crippen LogP contribution is -2.16. The van der Waals surface area contributed by atoms with Crippen LogP contribution in [-0.4, -0.2) is 34.3 Å². The van der Waals surface area contributed by atoms with Crippen LogP contribution < -0.4 is 5.32 Å². The second-order valence-electron chi connectivity index (χ2n) is 4.92. The van der Waals surface area contributed by atoms with Crippen molar-refractivity contribution in [3.05, 3.63) is 53.2 Å². The van der Waals surface area contributed by atoms with Crippen molar-refractivity contribution in [1.29, 1.82) is 5.41 Å². The molecular formula is C17H17N3O4. The van der Waals surface area contributed by atoms with Crippen molar-refractivity contribution in [3.63, 3.8) is 0 Å². The van der Waals surface area contributed by atoms with Crippen LogP contribution in [0.5, 0.6) is 0 Å². The van der Waals surface area contributed by atoms with E-state index < -0.39 is 11.9 Å². The van der Waals surface area contributed by atoms with Crippen molar-refractivity contribution in [1.82, 2.24) is 4.98 Å². The van der Waals surface area contributed by atoms with E-state index in [9.17, 15) is 14.7 Å². The number of carbonyl (C=O) groups is 2. The highest BCUT2D eigenvalue weighted by Crippen LogP contribution is 2.24. The highest BCUT2D eigenvalue weighted by Gasteiger charge is 2.22. The van der Waals surface area contributed by atoms with Crippen molar-refractivity contribution in [3.8, 4) is 0 Å². The number of ether oxygens (including phenoxy) is 1. The molecule has 0 aliphatic heterocycles. The van der Waals surface area contributed by atoms with Crippen LogP contribution in [0.1, 0.15) is 40.3 Å². The van der Waals surface area contributed by atoms with Gasteiger partial charge in [-0.1, -0.05) is 18.2 Å². The Kier molecular flexibility index (Phi) is 5.26. The van der Waals surface area contributed by atoms with E-state index in [1.165, 1.54) is 6.92 Å². The Hall–Kier alpha value is -3.22. The monoisotopic (exact) mass is 327 g/mol. The smallest absolute Gasteiger partial charge is 0.357 e. The lowest BCUT2D eigenvalue weighted by molar-refractivity contribution is 0.0519. The molecule has 1 aromatic carbocycles. The van der Waals surface area contributed by atoms with E-state index in [1.54, 1.807) is 31.2 Å². The molecule has 3 N–H and O–H groups in total. The first-order valence-corrected chi connectivity index (χ1v) is 7.27. The summed E-state index contributed by atoms with van der Waals surface area (Å²) in [7, 11) is 0. The quantitative estimate of drug-likeness (QED) is 0.555. The maximum Gasteiger partial charge on any atom is 0.357 e. The summed E-state index contributed by atoms with van der Waals surface area (Å²) in [6.45, 7) is 3.26. The van der Waals surface area contributed by atoms with Crippen LogP contribution in [0.25, 0.3) is 0 Å². The van der Waals surface area contributed by atoms with E-state index in [1.807, 2.05) is 6.07 Å². The van der Waals surface area contributed by atoms with Gasteiger partial charge in [0.2, 0.25) is 0 Å². The number of carboxylic acids is 1. The van der Waals surface area contributed by atoms with E-state index in [0.717, 1.165) is 6.07 Å². The van der Waals surface area contributed by atoms with E-state index in [4.69, 9.17) is 10.1 Å². The fourth-order valence-corrected chi connectivity index (χ4v) is 2.15. The van der Waals surface area contributed by atoms with Crippen LogP contribution in [0.15, 0.2) is 36.4 Å². The fourth-order valence-electron chi connectivity index (χ4n) is 2.15. The molecule has 124 valence electrons. The van der Waals surface area contributed by atoms with Gasteiger partial charge in [0.15, 0.2) is 5.69 Å². The highest BCUT2D eigenvalue weighted by molar-refractivity contribution is 6.10. The molecule has 0 bridgehead atoms. The standard InChI is InChI=1S/C17H17N3O4/c1-3-24-17(23)13-9-12(16(21)22)14(10(2)18)15(20-13)19-11-7-5-4-6-8-11/h4-9,18H,3H2,1-2H3,(H,19,20)(H,21,22). The fraction of sp³-hybridized carbons (Fsp3) is 0.176. The molecule has 2 aromatic rings. The van der Waals surface area contributed by atoms with Gasteiger partial charge >= 0.3 is 11.9 Å². The number of para-hydroxylation sites is 1. The van der Waals surface area contributed by atoms with Gasteiger partial charge in [0.25, 0.3) is 0 Å². The minimum absolute atomic E-state index is 0.0220. The van der Waals surface area contributed by atoms with Gasteiger partial charge in [0.05, 0.1) is 17.7 Å². The van der Waals surface area contributed by atoms with Gasteiger partial charge < -0.3 is 20.6 Å². The molecule has 0 aliphatic rings. The average molecular weight is 327 g/mol. The molecule has 7 heteroatoms. The number of nitrogens with zero attached hydrogens (tertiary/aromatic N) is 1. The van der Waals surface area contributed by atoms with Gasteiger partial charge in [-0.2, -0.15) is 0 Å². The topological polar surface area (TPSA) is 112 Å². The van der Waals surface area contributed by atoms with Crippen molar-refractivity contribution >= 4 is 29.2 Å². The number of esters is 1. The van der Waals surface area contributed by atoms with E-state index in [2.05, 4.69) is 10.3 Å². The normalized spacial score (nSPS) is 10.1. The number of carbonyl (C=O) groups excluding carboxylic acids is 1. The lowest BCUT2D eigenvalue weighted by atomic mass is 10.0. The number of anilines is 2. The Balaban J connectivity index is 2.61. The summed E-state index contributed by atoms with van der Waals surface area (Å²) < 4.78 is 4.89. The zero-order chi connectivity index (χ0) is 17.7. The summed E-state index contributed by atoms with van der Waals surface area (Å²) in [4.78, 5) is 27.7. The number of nitrogens with one attached hydrogen (secondary N) is 2. The van der Waals surface area contributed by atoms with Crippen LogP contribution in [-0.2, 0) is 4.74 Å². The summed E-state index contributed by atoms with van der Waals surface area (Å²) in [5, 5.41) is 20.3. The van der Waals surface area contributed by atoms with Crippen LogP contribution >= 0.6 is 0 Å². The number of pyridine rings is 1. The van der Waals surface area contributed by atoms with Gasteiger partial charge in [0.1, 0.15) is 5.82 Å². The van der Waals surface area contributed by atoms with Gasteiger partial charge in [0, 0.05) is 11.4 Å². The molecule has 0 radical (unpaired) electrons. The number of hydrogen-bond donors (Lipinski definition) is 3. The maximum absolute atomic E-state index is 11.9. The molecule has 0 spiro atoms. The first kappa shape index (κ1) is 17.1. The Morgan fingerprint density at radius 3 is 2.50 bits per heavy atom. The SMILES string of the molecule is CCOC(=O)c1cc(C(=O)O)c(C(C)=N)c(Nc2ccccc2)n1. The molecule has 0 aliphatic carbocycles. The predicted molar refractivity (Wildman–Crippen MR) is 89.4 cm³/mol. The molecule has 0 atom stereocenters. The highest BCUT2D eigenvalue weighted by atomic mass is 16.5. The minimum Gasteiger partial charge on any atom is -0.478 e. The first-order chi connectivity index (χ1) is 11.4. The molecule has 1 aromatic heterocycles. The average Bonchev–Trinajstić information content (AvgIpc) is 2.55. The Morgan fingerprint density at radius 1 is 1.29 bits per heavy atom. The molecule has 0 saturated heterocycles. The van der Waals surface area contributed by atoms with Crippen molar-refractivity contribution in [2.24, 2.45) is 0 Å². The lowest BCUT2D eigenvalue weighted by Gasteiger charge is -2.14. The summed E-state index contributed by atoms with van der Waals surface area (Å²) in [5.74, 6) is -1.84. The Bertz CT molecular complexity index is 788. The molecule has 7 nitrogen and oxygen atoms in total. The zero-order valence-electron chi connectivity index (χ0n) is 13.3. The molecule has 0 amide bonds. The minimum atomic E-state index is -1.25. The van der Waals surface area contributed by atoms with Gasteiger partial charge in [-0.25, -0.2) is 14.6 Å². The molecular weight excluding hydrogens is 310 g/mol. The van der Waals surface area contributed by atoms with Gasteiger partial charge in [-0.3, -0.25) is 0 Å². The molecule has 2 rings (SSSR count). The zero-order valence-corrected chi connectivity index (χ0v) is 13.3. The molecule has 24 heavy (non-hydrogen) atoms. The molecule has 0 unspecified atom stereocenters. The summed E-state index contributed by atoms with van der Waals surface area (Å²) in [6.07, 6.45) is 0. The molecule has 1 heterocycles. The third-order valence-corrected chi connectivity index (χ3v) is 3.15. The number of aromatic carboxylic acids is 1. The second kappa shape index (κ2) is 7.36. The third kappa shape index (κ3) is 3.75. The first-order valence-electron chi connectivity index (χ1n) is 7.27. The van der Waals surface area contributed by atoms with E-state index in [0.29, 0.717) is 5.69 Å². The van der Waals surface area contributed by atoms with Crippen LogP contribution in [0.2, 0.25) is 0 Å². The van der Waals surface area contributed by atoms with E-state index >= 15 is 0 Å². The second-order valence-corrected chi connectivity index (χ2v) is 4.92. The van der Waals surface area contributed by atoms with E-state index in [-0.39, 0.29) is 35.0 Å². The summed E-state index contributed by atoms with van der Waals surface area (Å²) in [6, 6.07) is 10.1. The van der Waals surface area contributed by atoms with Crippen LogP contribution in [0.3, 0.4) is 0 Å². The Labute approximate surface area is 138 Å².